The van der Waals surface area contributed by atoms with E-state index in [9.17, 15) is 4.79 Å². The molecule has 1 aromatic rings. The Labute approximate surface area is 145 Å². The number of anilines is 1. The van der Waals surface area contributed by atoms with Crippen LogP contribution in [0.4, 0.5) is 5.69 Å². The van der Waals surface area contributed by atoms with E-state index in [1.54, 1.807) is 0 Å². The van der Waals surface area contributed by atoms with Gasteiger partial charge in [-0.15, -0.1) is 0 Å². The first kappa shape index (κ1) is 17.2. The number of hydrogen-bond acceptors (Lipinski definition) is 4. The van der Waals surface area contributed by atoms with Crippen LogP contribution in [0.5, 0.6) is 0 Å². The standard InChI is InChI=1S/C19H30N4O/c1-16(23-10-6-7-17(15-23)20-2)19(24)22-13-11-21(12-14-22)18-8-4-3-5-9-18/h3-5,8-9,16-17,20H,6-7,10-15H2,1-2H3. The molecular formula is C19H30N4O. The lowest BCUT2D eigenvalue weighted by Crippen LogP contribution is -2.57. The first-order valence-electron chi connectivity index (χ1n) is 9.19. The van der Waals surface area contributed by atoms with Gasteiger partial charge in [-0.25, -0.2) is 0 Å². The molecule has 2 aliphatic rings. The van der Waals surface area contributed by atoms with Crippen LogP contribution in [0.1, 0.15) is 19.8 Å². The summed E-state index contributed by atoms with van der Waals surface area (Å²) in [5.74, 6) is 0.291. The molecule has 5 nitrogen and oxygen atoms in total. The molecule has 0 spiro atoms. The number of nitrogens with zero attached hydrogens (tertiary/aromatic N) is 3. The van der Waals surface area contributed by atoms with Crippen molar-refractivity contribution < 1.29 is 4.79 Å². The molecule has 132 valence electrons. The van der Waals surface area contributed by atoms with Gasteiger partial charge < -0.3 is 15.1 Å². The number of benzene rings is 1. The molecule has 2 unspecified atom stereocenters. The van der Waals surface area contributed by atoms with Gasteiger partial charge in [-0.1, -0.05) is 18.2 Å². The van der Waals surface area contributed by atoms with E-state index >= 15 is 0 Å². The molecule has 1 amide bonds. The van der Waals surface area contributed by atoms with E-state index in [4.69, 9.17) is 0 Å². The second-order valence-corrected chi connectivity index (χ2v) is 6.95. The van der Waals surface area contributed by atoms with Crippen LogP contribution in [0.3, 0.4) is 0 Å². The van der Waals surface area contributed by atoms with Crippen molar-refractivity contribution in [2.45, 2.75) is 31.8 Å². The molecule has 2 aliphatic heterocycles. The van der Waals surface area contributed by atoms with E-state index in [1.807, 2.05) is 18.0 Å². The largest absolute Gasteiger partial charge is 0.368 e. The van der Waals surface area contributed by atoms with Crippen molar-refractivity contribution in [1.82, 2.24) is 15.1 Å². The fraction of sp³-hybridized carbons (Fsp3) is 0.632. The van der Waals surface area contributed by atoms with Crippen LogP contribution in [0.2, 0.25) is 0 Å². The summed E-state index contributed by atoms with van der Waals surface area (Å²) in [6, 6.07) is 11.0. The van der Waals surface area contributed by atoms with Gasteiger partial charge in [-0.3, -0.25) is 9.69 Å². The number of piperidine rings is 1. The Morgan fingerprint density at radius 3 is 2.50 bits per heavy atom. The highest BCUT2D eigenvalue weighted by Gasteiger charge is 2.31. The van der Waals surface area contributed by atoms with Gasteiger partial charge in [0.15, 0.2) is 0 Å². The SMILES string of the molecule is CNC1CCCN(C(C)C(=O)N2CCN(c3ccccc3)CC2)C1. The molecule has 2 fully saturated rings. The maximum absolute atomic E-state index is 12.9. The minimum atomic E-state index is -0.00979. The van der Waals surface area contributed by atoms with Gasteiger partial charge in [0.25, 0.3) is 0 Å². The third-order valence-corrected chi connectivity index (χ3v) is 5.48. The maximum atomic E-state index is 12.9. The average Bonchev–Trinajstić information content (AvgIpc) is 2.67. The number of amides is 1. The zero-order valence-corrected chi connectivity index (χ0v) is 14.9. The predicted molar refractivity (Wildman–Crippen MR) is 98.4 cm³/mol. The van der Waals surface area contributed by atoms with E-state index in [1.165, 1.54) is 18.5 Å². The summed E-state index contributed by atoms with van der Waals surface area (Å²) < 4.78 is 0. The second kappa shape index (κ2) is 7.99. The van der Waals surface area contributed by atoms with Gasteiger partial charge >= 0.3 is 0 Å². The highest BCUT2D eigenvalue weighted by Crippen LogP contribution is 2.18. The van der Waals surface area contributed by atoms with Crippen LogP contribution >= 0.6 is 0 Å². The Morgan fingerprint density at radius 2 is 1.83 bits per heavy atom. The summed E-state index contributed by atoms with van der Waals surface area (Å²) in [6.07, 6.45) is 2.38. The lowest BCUT2D eigenvalue weighted by molar-refractivity contribution is -0.137. The van der Waals surface area contributed by atoms with Crippen LogP contribution in [-0.4, -0.2) is 74.1 Å². The molecule has 1 aromatic carbocycles. The summed E-state index contributed by atoms with van der Waals surface area (Å²) in [7, 11) is 2.02. The van der Waals surface area contributed by atoms with Crippen molar-refractivity contribution in [3.63, 3.8) is 0 Å². The molecule has 0 bridgehead atoms. The maximum Gasteiger partial charge on any atom is 0.239 e. The molecule has 2 saturated heterocycles. The highest BCUT2D eigenvalue weighted by molar-refractivity contribution is 5.81. The van der Waals surface area contributed by atoms with E-state index in [-0.39, 0.29) is 6.04 Å². The van der Waals surface area contributed by atoms with Crippen molar-refractivity contribution in [2.24, 2.45) is 0 Å². The molecule has 2 atom stereocenters. The molecule has 0 aromatic heterocycles. The number of nitrogens with one attached hydrogen (secondary N) is 1. The molecule has 0 saturated carbocycles. The van der Waals surface area contributed by atoms with Gasteiger partial charge in [-0.05, 0) is 45.5 Å². The first-order valence-corrected chi connectivity index (χ1v) is 9.19. The van der Waals surface area contributed by atoms with Crippen molar-refractivity contribution >= 4 is 11.6 Å². The summed E-state index contributed by atoms with van der Waals surface area (Å²) in [5.41, 5.74) is 1.26. The molecule has 0 aliphatic carbocycles. The Balaban J connectivity index is 1.53. The van der Waals surface area contributed by atoms with Gasteiger partial charge in [0, 0.05) is 44.5 Å². The number of likely N-dealkylation sites (N-methyl/N-ethyl adjacent to an activating group) is 1. The number of carbonyl (C=O) groups is 1. The zero-order valence-electron chi connectivity index (χ0n) is 14.9. The van der Waals surface area contributed by atoms with Crippen molar-refractivity contribution in [1.29, 1.82) is 0 Å². The minimum Gasteiger partial charge on any atom is -0.368 e. The molecular weight excluding hydrogens is 300 g/mol. The third-order valence-electron chi connectivity index (χ3n) is 5.48. The molecule has 0 radical (unpaired) electrons. The fourth-order valence-corrected chi connectivity index (χ4v) is 3.84. The van der Waals surface area contributed by atoms with Crippen LogP contribution in [0, 0.1) is 0 Å². The van der Waals surface area contributed by atoms with Crippen LogP contribution in [0.25, 0.3) is 0 Å². The number of carbonyl (C=O) groups excluding carboxylic acids is 1. The number of likely N-dealkylation sites (tertiary alicyclic amines) is 1. The lowest BCUT2D eigenvalue weighted by Gasteiger charge is -2.41. The Bertz CT molecular complexity index is 527. The monoisotopic (exact) mass is 330 g/mol. The highest BCUT2D eigenvalue weighted by atomic mass is 16.2. The smallest absolute Gasteiger partial charge is 0.239 e. The summed E-state index contributed by atoms with van der Waals surface area (Å²) in [4.78, 5) is 19.6. The van der Waals surface area contributed by atoms with Crippen LogP contribution < -0.4 is 10.2 Å². The van der Waals surface area contributed by atoms with Crippen LogP contribution in [-0.2, 0) is 4.79 Å². The number of para-hydroxylation sites is 1. The van der Waals surface area contributed by atoms with Crippen molar-refractivity contribution in [3.8, 4) is 0 Å². The average molecular weight is 330 g/mol. The molecule has 2 heterocycles. The van der Waals surface area contributed by atoms with Crippen LogP contribution in [0.15, 0.2) is 30.3 Å². The van der Waals surface area contributed by atoms with Crippen molar-refractivity contribution in [2.75, 3.05) is 51.2 Å². The van der Waals surface area contributed by atoms with E-state index in [0.717, 1.165) is 39.3 Å². The topological polar surface area (TPSA) is 38.8 Å². The molecule has 1 N–H and O–H groups in total. The van der Waals surface area contributed by atoms with E-state index in [2.05, 4.69) is 46.3 Å². The first-order chi connectivity index (χ1) is 11.7. The van der Waals surface area contributed by atoms with Gasteiger partial charge in [0.05, 0.1) is 6.04 Å². The summed E-state index contributed by atoms with van der Waals surface area (Å²) in [6.45, 7) is 7.57. The number of piperazine rings is 1. The van der Waals surface area contributed by atoms with E-state index < -0.39 is 0 Å². The normalized spacial score (nSPS) is 24.0. The van der Waals surface area contributed by atoms with Gasteiger partial charge in [0.2, 0.25) is 5.91 Å². The summed E-state index contributed by atoms with van der Waals surface area (Å²) in [5, 5.41) is 3.36. The number of rotatable bonds is 4. The second-order valence-electron chi connectivity index (χ2n) is 6.95. The van der Waals surface area contributed by atoms with Gasteiger partial charge in [0.1, 0.15) is 0 Å². The van der Waals surface area contributed by atoms with Crippen molar-refractivity contribution in [3.05, 3.63) is 30.3 Å². The fourth-order valence-electron chi connectivity index (χ4n) is 3.84. The Hall–Kier alpha value is -1.59. The number of hydrogen-bond donors (Lipinski definition) is 1. The quantitative estimate of drug-likeness (QED) is 0.906. The summed E-state index contributed by atoms with van der Waals surface area (Å²) >= 11 is 0. The minimum absolute atomic E-state index is 0.00979. The van der Waals surface area contributed by atoms with E-state index in [0.29, 0.717) is 11.9 Å². The molecule has 3 rings (SSSR count). The predicted octanol–water partition coefficient (Wildman–Crippen LogP) is 1.41. The molecule has 24 heavy (non-hydrogen) atoms. The molecule has 5 heteroatoms. The lowest BCUT2D eigenvalue weighted by atomic mass is 10.0. The Kier molecular flexibility index (Phi) is 5.74. The Morgan fingerprint density at radius 1 is 1.12 bits per heavy atom. The third kappa shape index (κ3) is 3.90. The van der Waals surface area contributed by atoms with Gasteiger partial charge in [-0.2, -0.15) is 0 Å². The zero-order chi connectivity index (χ0) is 16.9.